The van der Waals surface area contributed by atoms with Gasteiger partial charge in [-0.25, -0.2) is 4.39 Å². The summed E-state index contributed by atoms with van der Waals surface area (Å²) in [6.07, 6.45) is 3.00. The Hall–Kier alpha value is -3.35. The molecule has 142 valence electrons. The van der Waals surface area contributed by atoms with Gasteiger partial charge in [0.1, 0.15) is 5.82 Å². The van der Waals surface area contributed by atoms with Crippen molar-refractivity contribution in [3.63, 3.8) is 0 Å². The van der Waals surface area contributed by atoms with Crippen molar-refractivity contribution in [1.82, 2.24) is 4.90 Å². The quantitative estimate of drug-likeness (QED) is 0.722. The van der Waals surface area contributed by atoms with Gasteiger partial charge in [0.25, 0.3) is 5.91 Å². The van der Waals surface area contributed by atoms with Crippen LogP contribution in [0.4, 0.5) is 4.39 Å². The van der Waals surface area contributed by atoms with Crippen molar-refractivity contribution in [2.45, 2.75) is 6.54 Å². The van der Waals surface area contributed by atoms with Crippen LogP contribution >= 0.6 is 0 Å². The Morgan fingerprint density at radius 3 is 2.59 bits per heavy atom. The molecule has 2 aromatic rings. The maximum absolute atomic E-state index is 13.7. The monoisotopic (exact) mass is 372 g/mol. The van der Waals surface area contributed by atoms with Crippen molar-refractivity contribution >= 4 is 17.9 Å². The Bertz CT molecular complexity index is 852. The largest absolute Gasteiger partial charge is 0.493 e. The number of amides is 2. The number of primary amides is 1. The van der Waals surface area contributed by atoms with Gasteiger partial charge in [0.2, 0.25) is 5.91 Å². The summed E-state index contributed by atoms with van der Waals surface area (Å²) in [6, 6.07) is 11.3. The van der Waals surface area contributed by atoms with Gasteiger partial charge in [-0.2, -0.15) is 0 Å². The molecule has 6 nitrogen and oxygen atoms in total. The molecule has 0 aliphatic carbocycles. The number of rotatable bonds is 8. The number of likely N-dealkylation sites (N-methyl/N-ethyl adjacent to an activating group) is 1. The molecular formula is C20H21FN2O4. The van der Waals surface area contributed by atoms with Crippen molar-refractivity contribution in [3.05, 3.63) is 65.5 Å². The molecule has 0 aliphatic rings. The van der Waals surface area contributed by atoms with Crippen molar-refractivity contribution in [1.29, 1.82) is 0 Å². The fraction of sp³-hybridized carbons (Fsp3) is 0.200. The molecule has 0 radical (unpaired) electrons. The molecule has 0 heterocycles. The zero-order valence-corrected chi connectivity index (χ0v) is 15.1. The molecule has 27 heavy (non-hydrogen) atoms. The zero-order valence-electron chi connectivity index (χ0n) is 15.1. The molecule has 2 aromatic carbocycles. The summed E-state index contributed by atoms with van der Waals surface area (Å²) in [5.74, 6) is -0.435. The Morgan fingerprint density at radius 2 is 1.93 bits per heavy atom. The third-order valence-electron chi connectivity index (χ3n) is 3.72. The number of halogens is 1. The van der Waals surface area contributed by atoms with Crippen LogP contribution in [0.5, 0.6) is 11.5 Å². The average molecular weight is 372 g/mol. The molecule has 7 heteroatoms. The maximum Gasteiger partial charge on any atom is 0.255 e. The fourth-order valence-electron chi connectivity index (χ4n) is 2.31. The normalized spacial score (nSPS) is 10.6. The third kappa shape index (κ3) is 5.85. The highest BCUT2D eigenvalue weighted by atomic mass is 19.1. The molecule has 0 aliphatic heterocycles. The van der Waals surface area contributed by atoms with Crippen molar-refractivity contribution in [2.75, 3.05) is 20.8 Å². The van der Waals surface area contributed by atoms with Gasteiger partial charge in [0.15, 0.2) is 18.1 Å². The predicted octanol–water partition coefficient (Wildman–Crippen LogP) is 2.37. The molecule has 0 fully saturated rings. The summed E-state index contributed by atoms with van der Waals surface area (Å²) < 4.78 is 24.2. The topological polar surface area (TPSA) is 81.9 Å². The summed E-state index contributed by atoms with van der Waals surface area (Å²) in [5, 5.41) is 0. The molecular weight excluding hydrogens is 351 g/mol. The van der Waals surface area contributed by atoms with Crippen LogP contribution in [0.15, 0.2) is 48.5 Å². The number of hydrogen-bond donors (Lipinski definition) is 1. The molecule has 0 aromatic heterocycles. The number of nitrogens with zero attached hydrogens (tertiary/aromatic N) is 1. The van der Waals surface area contributed by atoms with Crippen LogP contribution in [-0.2, 0) is 16.1 Å². The summed E-state index contributed by atoms with van der Waals surface area (Å²) in [4.78, 5) is 24.5. The molecule has 0 saturated carbocycles. The van der Waals surface area contributed by atoms with Gasteiger partial charge in [-0.05, 0) is 29.8 Å². The number of ether oxygens (including phenoxy) is 2. The molecule has 2 amide bonds. The van der Waals surface area contributed by atoms with E-state index in [9.17, 15) is 14.0 Å². The van der Waals surface area contributed by atoms with E-state index in [4.69, 9.17) is 15.2 Å². The second-order valence-electron chi connectivity index (χ2n) is 5.78. The number of hydrogen-bond acceptors (Lipinski definition) is 4. The van der Waals surface area contributed by atoms with E-state index in [1.165, 1.54) is 24.2 Å². The lowest BCUT2D eigenvalue weighted by Crippen LogP contribution is -2.24. The first kappa shape index (κ1) is 20.0. The molecule has 2 N–H and O–H groups in total. The highest BCUT2D eigenvalue weighted by molar-refractivity contribution is 5.91. The van der Waals surface area contributed by atoms with Crippen molar-refractivity contribution < 1.29 is 23.5 Å². The minimum atomic E-state index is -0.593. The smallest absolute Gasteiger partial charge is 0.255 e. The second-order valence-corrected chi connectivity index (χ2v) is 5.78. The second kappa shape index (κ2) is 9.38. The molecule has 0 atom stereocenters. The summed E-state index contributed by atoms with van der Waals surface area (Å²) in [6.45, 7) is -0.0933. The van der Waals surface area contributed by atoms with Gasteiger partial charge in [-0.15, -0.1) is 0 Å². The lowest BCUT2D eigenvalue weighted by atomic mass is 10.1. The van der Waals surface area contributed by atoms with Gasteiger partial charge in [-0.1, -0.05) is 24.3 Å². The number of nitrogens with two attached hydrogens (primary N) is 1. The van der Waals surface area contributed by atoms with Crippen LogP contribution < -0.4 is 15.2 Å². The van der Waals surface area contributed by atoms with Crippen LogP contribution in [0.1, 0.15) is 11.1 Å². The Balaban J connectivity index is 2.04. The first-order valence-electron chi connectivity index (χ1n) is 8.16. The van der Waals surface area contributed by atoms with Crippen LogP contribution in [0.2, 0.25) is 0 Å². The number of carbonyl (C=O) groups excluding carboxylic acids is 2. The van der Waals surface area contributed by atoms with E-state index < -0.39 is 5.91 Å². The SMILES string of the molecule is COc1cc(/C=C/C(=O)N(C)Cc2ccccc2F)ccc1OCC(N)=O. The summed E-state index contributed by atoms with van der Waals surface area (Å²) in [7, 11) is 3.06. The minimum Gasteiger partial charge on any atom is -0.493 e. The van der Waals surface area contributed by atoms with Crippen molar-refractivity contribution in [2.24, 2.45) is 5.73 Å². The number of benzene rings is 2. The summed E-state index contributed by atoms with van der Waals surface area (Å²) >= 11 is 0. The highest BCUT2D eigenvalue weighted by Crippen LogP contribution is 2.28. The fourth-order valence-corrected chi connectivity index (χ4v) is 2.31. The third-order valence-corrected chi connectivity index (χ3v) is 3.72. The lowest BCUT2D eigenvalue weighted by Gasteiger charge is -2.15. The predicted molar refractivity (Wildman–Crippen MR) is 99.6 cm³/mol. The van der Waals surface area contributed by atoms with Gasteiger partial charge >= 0.3 is 0 Å². The molecule has 0 unspecified atom stereocenters. The summed E-state index contributed by atoms with van der Waals surface area (Å²) in [5.41, 5.74) is 6.20. The minimum absolute atomic E-state index is 0.166. The first-order chi connectivity index (χ1) is 12.9. The lowest BCUT2D eigenvalue weighted by molar-refractivity contribution is -0.125. The molecule has 2 rings (SSSR count). The van der Waals surface area contributed by atoms with Gasteiger partial charge in [0, 0.05) is 25.2 Å². The zero-order chi connectivity index (χ0) is 19.8. The number of methoxy groups -OCH3 is 1. The Morgan fingerprint density at radius 1 is 1.19 bits per heavy atom. The maximum atomic E-state index is 13.7. The van der Waals surface area contributed by atoms with Crippen LogP contribution in [0.25, 0.3) is 6.08 Å². The first-order valence-corrected chi connectivity index (χ1v) is 8.16. The van der Waals surface area contributed by atoms with E-state index in [0.717, 1.165) is 0 Å². The van der Waals surface area contributed by atoms with E-state index in [1.807, 2.05) is 0 Å². The van der Waals surface area contributed by atoms with Crippen LogP contribution in [-0.4, -0.2) is 37.5 Å². The Kier molecular flexibility index (Phi) is 6.93. The van der Waals surface area contributed by atoms with Crippen LogP contribution in [0, 0.1) is 5.82 Å². The van der Waals surface area contributed by atoms with E-state index in [2.05, 4.69) is 0 Å². The standard InChI is InChI=1S/C20H21FN2O4/c1-23(12-15-5-3-4-6-16(15)21)20(25)10-8-14-7-9-17(18(11-14)26-2)27-13-19(22)24/h3-11H,12-13H2,1-2H3,(H2,22,24)/b10-8+. The molecule has 0 bridgehead atoms. The van der Waals surface area contributed by atoms with E-state index >= 15 is 0 Å². The van der Waals surface area contributed by atoms with E-state index in [0.29, 0.717) is 22.6 Å². The molecule has 0 saturated heterocycles. The van der Waals surface area contributed by atoms with E-state index in [-0.39, 0.29) is 24.9 Å². The van der Waals surface area contributed by atoms with Crippen LogP contribution in [0.3, 0.4) is 0 Å². The van der Waals surface area contributed by atoms with Crippen molar-refractivity contribution in [3.8, 4) is 11.5 Å². The van der Waals surface area contributed by atoms with Gasteiger partial charge < -0.3 is 20.1 Å². The van der Waals surface area contributed by atoms with Gasteiger partial charge in [0.05, 0.1) is 7.11 Å². The Labute approximate surface area is 157 Å². The highest BCUT2D eigenvalue weighted by Gasteiger charge is 2.10. The number of carbonyl (C=O) groups is 2. The molecule has 0 spiro atoms. The van der Waals surface area contributed by atoms with Gasteiger partial charge in [-0.3, -0.25) is 9.59 Å². The van der Waals surface area contributed by atoms with E-state index in [1.54, 1.807) is 49.5 Å². The average Bonchev–Trinajstić information content (AvgIpc) is 2.66.